The number of aromatic amines is 1. The first kappa shape index (κ1) is 27.6. The first-order valence-electron chi connectivity index (χ1n) is 15.0. The van der Waals surface area contributed by atoms with Crippen molar-refractivity contribution in [1.82, 2.24) is 35.5 Å². The molecule has 0 spiro atoms. The van der Waals surface area contributed by atoms with Crippen LogP contribution < -0.4 is 10.2 Å². The monoisotopic (exact) mass is 562 g/mol. The molecule has 2 amide bonds. The van der Waals surface area contributed by atoms with Crippen molar-refractivity contribution < 1.29 is 4.79 Å². The third-order valence-corrected chi connectivity index (χ3v) is 8.36. The number of amides is 2. The van der Waals surface area contributed by atoms with Crippen LogP contribution in [-0.2, 0) is 6.42 Å². The van der Waals surface area contributed by atoms with E-state index < -0.39 is 0 Å². The molecule has 9 heteroatoms. The van der Waals surface area contributed by atoms with Gasteiger partial charge in [-0.25, -0.2) is 9.78 Å². The molecule has 0 aliphatic heterocycles. The topological polar surface area (TPSA) is 105 Å². The Morgan fingerprint density at radius 1 is 1.02 bits per heavy atom. The van der Waals surface area contributed by atoms with Gasteiger partial charge in [-0.05, 0) is 78.4 Å². The summed E-state index contributed by atoms with van der Waals surface area (Å²) in [6.07, 6.45) is 8.76. The zero-order valence-electron chi connectivity index (χ0n) is 24.6. The summed E-state index contributed by atoms with van der Waals surface area (Å²) in [5.74, 6) is 1.60. The van der Waals surface area contributed by atoms with Gasteiger partial charge < -0.3 is 5.32 Å². The molecule has 0 radical (unpaired) electrons. The molecule has 42 heavy (non-hydrogen) atoms. The summed E-state index contributed by atoms with van der Waals surface area (Å²) in [5, 5.41) is 17.9. The predicted octanol–water partition coefficient (Wildman–Crippen LogP) is 7.00. The van der Waals surface area contributed by atoms with Crippen LogP contribution in [0.15, 0.2) is 60.7 Å². The highest BCUT2D eigenvalue weighted by molar-refractivity contribution is 5.94. The Morgan fingerprint density at radius 3 is 2.57 bits per heavy atom. The molecule has 1 saturated carbocycles. The Kier molecular flexibility index (Phi) is 7.99. The summed E-state index contributed by atoms with van der Waals surface area (Å²) >= 11 is 0. The average Bonchev–Trinajstić information content (AvgIpc) is 3.68. The van der Waals surface area contributed by atoms with Crippen molar-refractivity contribution in [3.63, 3.8) is 0 Å². The average molecular weight is 563 g/mol. The summed E-state index contributed by atoms with van der Waals surface area (Å²) in [7, 11) is 1.84. The lowest BCUT2D eigenvalue weighted by molar-refractivity contribution is 0.239. The number of aromatic nitrogens is 6. The number of nitrogens with one attached hydrogen (secondary N) is 2. The molecule has 9 nitrogen and oxygen atoms in total. The minimum absolute atomic E-state index is 0.0563. The lowest BCUT2D eigenvalue weighted by Gasteiger charge is -2.26. The number of imidazole rings is 1. The highest BCUT2D eigenvalue weighted by atomic mass is 16.2. The second kappa shape index (κ2) is 12.1. The van der Waals surface area contributed by atoms with Crippen LogP contribution in [0.5, 0.6) is 0 Å². The fraction of sp³-hybridized carbons (Fsp3) is 0.364. The van der Waals surface area contributed by atoms with Crippen molar-refractivity contribution in [2.45, 2.75) is 71.3 Å². The molecule has 1 fully saturated rings. The van der Waals surface area contributed by atoms with Crippen molar-refractivity contribution in [3.05, 3.63) is 72.1 Å². The molecule has 2 N–H and O–H groups in total. The van der Waals surface area contributed by atoms with Gasteiger partial charge in [-0.2, -0.15) is 5.21 Å². The normalized spacial score (nSPS) is 13.9. The Labute approximate surface area is 246 Å². The van der Waals surface area contributed by atoms with Crippen LogP contribution in [0.4, 0.5) is 10.5 Å². The highest BCUT2D eigenvalue weighted by Gasteiger charge is 2.21. The molecular weight excluding hydrogens is 524 g/mol. The fourth-order valence-corrected chi connectivity index (χ4v) is 6.03. The largest absolute Gasteiger partial charge is 0.335 e. The number of urea groups is 1. The van der Waals surface area contributed by atoms with E-state index in [1.807, 2.05) is 37.4 Å². The number of nitrogens with zero attached hydrogens (tertiary/aromatic N) is 6. The van der Waals surface area contributed by atoms with Crippen molar-refractivity contribution in [2.24, 2.45) is 0 Å². The van der Waals surface area contributed by atoms with E-state index in [1.165, 1.54) is 19.3 Å². The molecule has 6 rings (SSSR count). The molecule has 5 aromatic rings. The number of H-pyrrole nitrogens is 1. The molecule has 0 unspecified atom stereocenters. The standard InChI is InChI=1S/C33H38N8O/c1-4-5-15-31-35-29-21-24(40(3)33(42)34-23-11-7-6-8-12-23)17-19-30(29)41(31)25-16-18-26(22(2)20-25)27-13-9-10-14-28(27)32-36-38-39-37-32/h9-10,13-14,16-21,23H,4-8,11-12,15H2,1-3H3,(H,34,42)(H,36,37,38,39). The summed E-state index contributed by atoms with van der Waals surface area (Å²) in [5.41, 5.74) is 8.08. The van der Waals surface area contributed by atoms with Crippen molar-refractivity contribution in [1.29, 1.82) is 0 Å². The van der Waals surface area contributed by atoms with E-state index in [9.17, 15) is 4.79 Å². The number of carbonyl (C=O) groups is 1. The summed E-state index contributed by atoms with van der Waals surface area (Å²) < 4.78 is 2.26. The smallest absolute Gasteiger partial charge is 0.321 e. The van der Waals surface area contributed by atoms with Gasteiger partial charge in [0.1, 0.15) is 5.82 Å². The number of rotatable bonds is 8. The first-order chi connectivity index (χ1) is 20.5. The molecule has 0 saturated heterocycles. The number of hydrogen-bond acceptors (Lipinski definition) is 5. The van der Waals surface area contributed by atoms with Crippen molar-refractivity contribution >= 4 is 22.8 Å². The molecule has 1 aliphatic rings. The molecule has 2 heterocycles. The number of aryl methyl sites for hydroxylation is 2. The maximum absolute atomic E-state index is 13.0. The molecular formula is C33H38N8O. The molecule has 0 atom stereocenters. The zero-order chi connectivity index (χ0) is 29.1. The Morgan fingerprint density at radius 2 is 1.83 bits per heavy atom. The van der Waals surface area contributed by atoms with E-state index in [1.54, 1.807) is 4.90 Å². The van der Waals surface area contributed by atoms with Gasteiger partial charge >= 0.3 is 6.03 Å². The lowest BCUT2D eigenvalue weighted by Crippen LogP contribution is -2.43. The number of hydrogen-bond donors (Lipinski definition) is 2. The van der Waals surface area contributed by atoms with E-state index in [2.05, 4.69) is 74.7 Å². The minimum Gasteiger partial charge on any atom is -0.335 e. The second-order valence-corrected chi connectivity index (χ2v) is 11.3. The zero-order valence-corrected chi connectivity index (χ0v) is 24.6. The second-order valence-electron chi connectivity index (χ2n) is 11.3. The van der Waals surface area contributed by atoms with Crippen LogP contribution in [0.2, 0.25) is 0 Å². The molecule has 2 aromatic heterocycles. The van der Waals surface area contributed by atoms with Gasteiger partial charge in [0.15, 0.2) is 0 Å². The van der Waals surface area contributed by atoms with E-state index in [0.717, 1.165) is 82.6 Å². The third-order valence-electron chi connectivity index (χ3n) is 8.36. The number of unbranched alkanes of at least 4 members (excludes halogenated alkanes) is 1. The summed E-state index contributed by atoms with van der Waals surface area (Å²) in [6, 6.07) is 21.0. The molecule has 216 valence electrons. The van der Waals surface area contributed by atoms with Gasteiger partial charge in [-0.1, -0.05) is 62.9 Å². The molecule has 3 aromatic carbocycles. The fourth-order valence-electron chi connectivity index (χ4n) is 6.03. The Balaban J connectivity index is 1.34. The molecule has 0 bridgehead atoms. The van der Waals surface area contributed by atoms with Crippen LogP contribution in [0, 0.1) is 6.92 Å². The highest BCUT2D eigenvalue weighted by Crippen LogP contribution is 2.34. The van der Waals surface area contributed by atoms with Crippen LogP contribution in [0.3, 0.4) is 0 Å². The predicted molar refractivity (Wildman–Crippen MR) is 167 cm³/mol. The summed E-state index contributed by atoms with van der Waals surface area (Å²) in [4.78, 5) is 19.8. The number of tetrazole rings is 1. The minimum atomic E-state index is -0.0563. The van der Waals surface area contributed by atoms with Crippen LogP contribution in [0.25, 0.3) is 39.2 Å². The van der Waals surface area contributed by atoms with Gasteiger partial charge in [-0.15, -0.1) is 10.2 Å². The van der Waals surface area contributed by atoms with Crippen molar-refractivity contribution in [3.8, 4) is 28.2 Å². The van der Waals surface area contributed by atoms with Gasteiger partial charge in [0.05, 0.1) is 11.0 Å². The number of benzene rings is 3. The van der Waals surface area contributed by atoms with Crippen LogP contribution >= 0.6 is 0 Å². The van der Waals surface area contributed by atoms with Crippen molar-refractivity contribution in [2.75, 3.05) is 11.9 Å². The van der Waals surface area contributed by atoms with Gasteiger partial charge in [-0.3, -0.25) is 9.47 Å². The van der Waals surface area contributed by atoms with Crippen LogP contribution in [-0.4, -0.2) is 49.3 Å². The summed E-state index contributed by atoms with van der Waals surface area (Å²) in [6.45, 7) is 4.33. The van der Waals surface area contributed by atoms with Crippen LogP contribution in [0.1, 0.15) is 63.3 Å². The van der Waals surface area contributed by atoms with Gasteiger partial charge in [0.25, 0.3) is 0 Å². The van der Waals surface area contributed by atoms with E-state index in [4.69, 9.17) is 4.98 Å². The third kappa shape index (κ3) is 5.51. The van der Waals surface area contributed by atoms with Gasteiger partial charge in [0, 0.05) is 36.4 Å². The van der Waals surface area contributed by atoms with Gasteiger partial charge in [0.2, 0.25) is 5.82 Å². The maximum Gasteiger partial charge on any atom is 0.321 e. The quantitative estimate of drug-likeness (QED) is 0.212. The maximum atomic E-state index is 13.0. The lowest BCUT2D eigenvalue weighted by atomic mass is 9.95. The van der Waals surface area contributed by atoms with E-state index in [-0.39, 0.29) is 12.1 Å². The SMILES string of the molecule is CCCCc1nc2cc(N(C)C(=O)NC3CCCCC3)ccc2n1-c1ccc(-c2ccccc2-c2nn[nH]n2)c(C)c1. The Bertz CT molecular complexity index is 1680. The van der Waals surface area contributed by atoms with E-state index >= 15 is 0 Å². The number of anilines is 1. The molecule has 1 aliphatic carbocycles. The van der Waals surface area contributed by atoms with E-state index in [0.29, 0.717) is 5.82 Å². The Hall–Kier alpha value is -4.53. The number of carbonyl (C=O) groups excluding carboxylic acids is 1. The number of fused-ring (bicyclic) bond motifs is 1. The first-order valence-corrected chi connectivity index (χ1v) is 15.0.